The third kappa shape index (κ3) is 5.94. The van der Waals surface area contributed by atoms with E-state index in [4.69, 9.17) is 4.43 Å². The first-order valence-electron chi connectivity index (χ1n) is 15.6. The highest BCUT2D eigenvalue weighted by Gasteiger charge is 2.60. The van der Waals surface area contributed by atoms with Gasteiger partial charge in [-0.25, -0.2) is 0 Å². The molecular formula is C33H58O3SSi. The summed E-state index contributed by atoms with van der Waals surface area (Å²) >= 11 is 2.01. The molecule has 0 amide bonds. The van der Waals surface area contributed by atoms with Gasteiger partial charge in [-0.1, -0.05) is 64.3 Å². The number of hydrogen-bond acceptors (Lipinski definition) is 4. The molecular weight excluding hydrogens is 505 g/mol. The maximum Gasteiger partial charge on any atom is 0.192 e. The fourth-order valence-corrected chi connectivity index (χ4v) is 10.9. The number of hydrogen-bond donors (Lipinski definition) is 2. The van der Waals surface area contributed by atoms with Crippen molar-refractivity contribution in [2.45, 2.75) is 141 Å². The molecule has 2 N–H and O–H groups in total. The maximum absolute atomic E-state index is 11.8. The van der Waals surface area contributed by atoms with Crippen molar-refractivity contribution in [3.63, 3.8) is 0 Å². The molecule has 3 saturated carbocycles. The van der Waals surface area contributed by atoms with Gasteiger partial charge in [0.25, 0.3) is 0 Å². The fourth-order valence-electron chi connectivity index (χ4n) is 8.27. The lowest BCUT2D eigenvalue weighted by Crippen LogP contribution is -2.49. The summed E-state index contributed by atoms with van der Waals surface area (Å²) in [4.78, 5) is 0. The highest BCUT2D eigenvalue weighted by Crippen LogP contribution is 2.66. The lowest BCUT2D eigenvalue weighted by atomic mass is 9.50. The number of aliphatic hydroxyl groups excluding tert-OH is 1. The summed E-state index contributed by atoms with van der Waals surface area (Å²) < 4.78 is 6.87. The van der Waals surface area contributed by atoms with E-state index < -0.39 is 13.9 Å². The Labute approximate surface area is 239 Å². The number of aliphatic hydroxyl groups is 2. The fraction of sp³-hybridized carbons (Fsp3) is 0.879. The summed E-state index contributed by atoms with van der Waals surface area (Å²) in [5.41, 5.74) is 3.18. The van der Waals surface area contributed by atoms with Crippen molar-refractivity contribution >= 4 is 20.1 Å². The molecule has 0 aromatic heterocycles. The van der Waals surface area contributed by atoms with E-state index >= 15 is 0 Å². The largest absolute Gasteiger partial charge is 0.416 e. The monoisotopic (exact) mass is 562 g/mol. The van der Waals surface area contributed by atoms with E-state index in [0.717, 1.165) is 31.6 Å². The topological polar surface area (TPSA) is 49.7 Å². The van der Waals surface area contributed by atoms with Gasteiger partial charge in [-0.3, -0.25) is 0 Å². The van der Waals surface area contributed by atoms with Gasteiger partial charge in [0.05, 0.1) is 11.7 Å². The first-order chi connectivity index (χ1) is 17.5. The van der Waals surface area contributed by atoms with Gasteiger partial charge in [-0.2, -0.15) is 11.8 Å². The number of thioether (sulfide) groups is 1. The average Bonchev–Trinajstić information content (AvgIpc) is 3.07. The second kappa shape index (κ2) is 11.0. The minimum absolute atomic E-state index is 0.114. The average molecular weight is 563 g/mol. The number of fused-ring (bicyclic) bond motifs is 5. The van der Waals surface area contributed by atoms with Gasteiger partial charge in [0.1, 0.15) is 0 Å². The van der Waals surface area contributed by atoms with E-state index in [2.05, 4.69) is 59.9 Å². The molecule has 4 aliphatic carbocycles. The van der Waals surface area contributed by atoms with Crippen molar-refractivity contribution in [1.82, 2.24) is 0 Å². The number of rotatable bonds is 9. The maximum atomic E-state index is 11.8. The van der Waals surface area contributed by atoms with Crippen LogP contribution in [0.5, 0.6) is 0 Å². The van der Waals surface area contributed by atoms with Gasteiger partial charge in [-0.15, -0.1) is 0 Å². The van der Waals surface area contributed by atoms with Crippen LogP contribution in [0.1, 0.15) is 106 Å². The first kappa shape index (κ1) is 30.9. The molecule has 38 heavy (non-hydrogen) atoms. The normalized spacial score (nSPS) is 36.6. The van der Waals surface area contributed by atoms with Crippen LogP contribution in [0, 0.1) is 28.6 Å². The molecule has 0 aromatic rings. The van der Waals surface area contributed by atoms with E-state index in [1.165, 1.54) is 38.5 Å². The molecule has 4 rings (SSSR count). The minimum Gasteiger partial charge on any atom is -0.416 e. The van der Waals surface area contributed by atoms with Crippen molar-refractivity contribution in [3.8, 4) is 0 Å². The Morgan fingerprint density at radius 2 is 1.79 bits per heavy atom. The Morgan fingerprint density at radius 1 is 1.08 bits per heavy atom. The van der Waals surface area contributed by atoms with Crippen molar-refractivity contribution in [2.75, 3.05) is 12.4 Å². The smallest absolute Gasteiger partial charge is 0.192 e. The lowest BCUT2D eigenvalue weighted by Gasteiger charge is -2.54. The predicted octanol–water partition coefficient (Wildman–Crippen LogP) is 8.52. The van der Waals surface area contributed by atoms with Crippen molar-refractivity contribution in [1.29, 1.82) is 0 Å². The number of allylic oxidation sites excluding steroid dienone is 4. The Hall–Kier alpha value is -0.0731. The predicted molar refractivity (Wildman–Crippen MR) is 166 cm³/mol. The lowest BCUT2D eigenvalue weighted by molar-refractivity contribution is 0.0343. The van der Waals surface area contributed by atoms with Crippen LogP contribution in [0.3, 0.4) is 0 Å². The minimum atomic E-state index is -1.90. The van der Waals surface area contributed by atoms with Crippen LogP contribution in [0.4, 0.5) is 0 Å². The second-order valence-corrected chi connectivity index (χ2v) is 22.0. The SMILES string of the molecule is CC(C)(O)CCCS[C@H](CO[Si](C)(C)C(C)(C)C)[C@H]1[C@@H](O)C[C@H]2C3=CC=C4CCCC[C@]4(C)[C@H]3CC[C@]12C. The van der Waals surface area contributed by atoms with E-state index in [1.807, 2.05) is 25.6 Å². The molecule has 0 bridgehead atoms. The zero-order valence-electron chi connectivity index (χ0n) is 26.0. The molecule has 0 heterocycles. The zero-order chi connectivity index (χ0) is 28.1. The van der Waals surface area contributed by atoms with Gasteiger partial charge in [0.2, 0.25) is 0 Å². The zero-order valence-corrected chi connectivity index (χ0v) is 27.8. The Balaban J connectivity index is 1.58. The van der Waals surface area contributed by atoms with E-state index in [0.29, 0.717) is 17.3 Å². The summed E-state index contributed by atoms with van der Waals surface area (Å²) in [6, 6.07) is 0. The summed E-state index contributed by atoms with van der Waals surface area (Å²) in [6.45, 7) is 21.3. The Kier molecular flexibility index (Phi) is 8.91. The van der Waals surface area contributed by atoms with Crippen LogP contribution in [0.2, 0.25) is 18.1 Å². The van der Waals surface area contributed by atoms with Crippen LogP contribution in [0.25, 0.3) is 0 Å². The molecule has 7 atom stereocenters. The molecule has 0 radical (unpaired) electrons. The van der Waals surface area contributed by atoms with Gasteiger partial charge in [0, 0.05) is 17.8 Å². The van der Waals surface area contributed by atoms with Gasteiger partial charge in [-0.05, 0) is 112 Å². The molecule has 3 fully saturated rings. The third-order valence-electron chi connectivity index (χ3n) is 11.7. The molecule has 0 aromatic carbocycles. The molecule has 0 saturated heterocycles. The van der Waals surface area contributed by atoms with Crippen molar-refractivity contribution in [2.24, 2.45) is 28.6 Å². The highest BCUT2D eigenvalue weighted by molar-refractivity contribution is 7.99. The van der Waals surface area contributed by atoms with E-state index in [1.54, 1.807) is 11.1 Å². The van der Waals surface area contributed by atoms with Gasteiger partial charge < -0.3 is 14.6 Å². The summed E-state index contributed by atoms with van der Waals surface area (Å²) in [7, 11) is -1.90. The van der Waals surface area contributed by atoms with Crippen LogP contribution in [-0.4, -0.2) is 47.8 Å². The third-order valence-corrected chi connectivity index (χ3v) is 17.6. The molecule has 4 aliphatic rings. The van der Waals surface area contributed by atoms with E-state index in [-0.39, 0.29) is 27.7 Å². The molecule has 3 nitrogen and oxygen atoms in total. The van der Waals surface area contributed by atoms with Crippen LogP contribution >= 0.6 is 11.8 Å². The molecule has 0 spiro atoms. The summed E-state index contributed by atoms with van der Waals surface area (Å²) in [6.07, 6.45) is 15.2. The summed E-state index contributed by atoms with van der Waals surface area (Å²) in [5, 5.41) is 22.5. The Bertz CT molecular complexity index is 912. The van der Waals surface area contributed by atoms with Crippen LogP contribution in [0.15, 0.2) is 23.3 Å². The quantitative estimate of drug-likeness (QED) is 0.218. The van der Waals surface area contributed by atoms with Crippen molar-refractivity contribution < 1.29 is 14.6 Å². The van der Waals surface area contributed by atoms with E-state index in [9.17, 15) is 10.2 Å². The van der Waals surface area contributed by atoms with Crippen LogP contribution in [-0.2, 0) is 4.43 Å². The molecule has 218 valence electrons. The van der Waals surface area contributed by atoms with Crippen molar-refractivity contribution in [3.05, 3.63) is 23.3 Å². The Morgan fingerprint density at radius 3 is 2.45 bits per heavy atom. The summed E-state index contributed by atoms with van der Waals surface area (Å²) in [5.74, 6) is 2.39. The van der Waals surface area contributed by atoms with Gasteiger partial charge in [0.15, 0.2) is 8.32 Å². The van der Waals surface area contributed by atoms with Gasteiger partial charge >= 0.3 is 0 Å². The van der Waals surface area contributed by atoms with Crippen LogP contribution < -0.4 is 0 Å². The molecule has 5 heteroatoms. The highest BCUT2D eigenvalue weighted by atomic mass is 32.2. The first-order valence-corrected chi connectivity index (χ1v) is 19.5. The second-order valence-electron chi connectivity index (χ2n) is 15.9. The molecule has 0 unspecified atom stereocenters. The standard InChI is InChI=1S/C33H58O3SSi/c1-30(2,3)38(8,9)36-22-28(37-20-12-17-31(4,5)35)29-27(34)21-26-24-15-14-23-13-10-11-18-32(23,6)25(24)16-19-33(26,29)7/h14-15,25-29,34-35H,10-13,16-22H2,1-9H3/t25-,26-,27-,28+,29+,32-,33-/m0/s1. The molecule has 0 aliphatic heterocycles.